The Bertz CT molecular complexity index is 1050. The van der Waals surface area contributed by atoms with Gasteiger partial charge in [0.15, 0.2) is 0 Å². The fraction of sp³-hybridized carbons (Fsp3) is 0.333. The van der Waals surface area contributed by atoms with E-state index in [2.05, 4.69) is 0 Å². The van der Waals surface area contributed by atoms with E-state index in [1.165, 1.54) is 18.1 Å². The summed E-state index contributed by atoms with van der Waals surface area (Å²) in [5.41, 5.74) is 0.939. The van der Waals surface area contributed by atoms with E-state index in [9.17, 15) is 14.7 Å². The number of aliphatic hydroxyl groups is 1. The summed E-state index contributed by atoms with van der Waals surface area (Å²) in [6.07, 6.45) is 0. The molecule has 0 spiro atoms. The molecule has 0 radical (unpaired) electrons. The van der Waals surface area contributed by atoms with Gasteiger partial charge in [-0.25, -0.2) is 0 Å². The molecule has 1 amide bonds. The van der Waals surface area contributed by atoms with Gasteiger partial charge in [-0.1, -0.05) is 29.8 Å². The van der Waals surface area contributed by atoms with Crippen LogP contribution in [0.1, 0.15) is 24.1 Å². The zero-order valence-corrected chi connectivity index (χ0v) is 19.3. The van der Waals surface area contributed by atoms with Crippen molar-refractivity contribution in [2.24, 2.45) is 0 Å². The van der Waals surface area contributed by atoms with E-state index in [4.69, 9.17) is 21.1 Å². The summed E-state index contributed by atoms with van der Waals surface area (Å²) in [6, 6.07) is 11.1. The van der Waals surface area contributed by atoms with Crippen LogP contribution in [0.4, 0.5) is 0 Å². The second-order valence-corrected chi connectivity index (χ2v) is 8.02. The van der Waals surface area contributed by atoms with Crippen LogP contribution in [0.5, 0.6) is 11.5 Å². The fourth-order valence-corrected chi connectivity index (χ4v) is 3.95. The molecular weight excluding hydrogens is 432 g/mol. The maximum atomic E-state index is 13.1. The summed E-state index contributed by atoms with van der Waals surface area (Å²) in [6.45, 7) is 3.14. The number of halogens is 1. The lowest BCUT2D eigenvalue weighted by atomic mass is 9.94. The molecule has 1 aliphatic rings. The topological polar surface area (TPSA) is 79.3 Å². The lowest BCUT2D eigenvalue weighted by Gasteiger charge is -2.27. The van der Waals surface area contributed by atoms with Gasteiger partial charge in [0, 0.05) is 24.2 Å². The smallest absolute Gasteiger partial charge is 0.295 e. The summed E-state index contributed by atoms with van der Waals surface area (Å²) in [5, 5.41) is 11.5. The molecular formula is C24H27ClN2O5. The molecule has 1 saturated heterocycles. The number of nitrogens with zero attached hydrogens (tertiary/aromatic N) is 2. The Balaban J connectivity index is 2.17. The lowest BCUT2D eigenvalue weighted by molar-refractivity contribution is -0.140. The number of ketones is 1. The molecule has 7 nitrogen and oxygen atoms in total. The molecule has 2 aromatic carbocycles. The fourth-order valence-electron chi connectivity index (χ4n) is 3.71. The Labute approximate surface area is 192 Å². The van der Waals surface area contributed by atoms with Crippen LogP contribution in [0.15, 0.2) is 48.0 Å². The minimum Gasteiger partial charge on any atom is -0.507 e. The summed E-state index contributed by atoms with van der Waals surface area (Å²) >= 11 is 6.29. The number of carbonyl (C=O) groups excluding carboxylic acids is 2. The third-order valence-corrected chi connectivity index (χ3v) is 5.56. The van der Waals surface area contributed by atoms with Crippen molar-refractivity contribution < 1.29 is 24.2 Å². The number of aliphatic hydroxyl groups excluding tert-OH is 1. The highest BCUT2D eigenvalue weighted by molar-refractivity contribution is 6.46. The molecule has 0 aromatic heterocycles. The van der Waals surface area contributed by atoms with Crippen molar-refractivity contribution in [3.05, 3.63) is 64.2 Å². The maximum absolute atomic E-state index is 13.1. The van der Waals surface area contributed by atoms with Crippen molar-refractivity contribution in [3.63, 3.8) is 0 Å². The Morgan fingerprint density at radius 3 is 2.50 bits per heavy atom. The van der Waals surface area contributed by atoms with Crippen LogP contribution in [-0.4, -0.2) is 67.5 Å². The van der Waals surface area contributed by atoms with Gasteiger partial charge in [-0.2, -0.15) is 0 Å². The molecule has 1 heterocycles. The number of para-hydroxylation sites is 1. The Morgan fingerprint density at radius 1 is 1.16 bits per heavy atom. The van der Waals surface area contributed by atoms with E-state index in [1.54, 1.807) is 36.4 Å². The van der Waals surface area contributed by atoms with Crippen molar-refractivity contribution >= 4 is 29.1 Å². The van der Waals surface area contributed by atoms with E-state index in [1.807, 2.05) is 25.9 Å². The Kier molecular flexibility index (Phi) is 7.43. The summed E-state index contributed by atoms with van der Waals surface area (Å²) in [7, 11) is 5.30. The number of likely N-dealkylation sites (N-methyl/N-ethyl adjacent to an activating group) is 1. The van der Waals surface area contributed by atoms with Crippen molar-refractivity contribution in [1.82, 2.24) is 9.80 Å². The Morgan fingerprint density at radius 2 is 1.88 bits per heavy atom. The van der Waals surface area contributed by atoms with Crippen LogP contribution in [0, 0.1) is 0 Å². The molecule has 1 atom stereocenters. The first-order valence-corrected chi connectivity index (χ1v) is 10.7. The highest BCUT2D eigenvalue weighted by Crippen LogP contribution is 2.43. The second-order valence-electron chi connectivity index (χ2n) is 7.62. The zero-order valence-electron chi connectivity index (χ0n) is 18.6. The molecule has 3 rings (SSSR count). The van der Waals surface area contributed by atoms with Gasteiger partial charge in [0.05, 0.1) is 30.4 Å². The summed E-state index contributed by atoms with van der Waals surface area (Å²) in [4.78, 5) is 29.5. The molecule has 0 aliphatic carbocycles. The van der Waals surface area contributed by atoms with Gasteiger partial charge < -0.3 is 24.4 Å². The number of likely N-dealkylation sites (tertiary alicyclic amines) is 1. The molecule has 1 fully saturated rings. The third kappa shape index (κ3) is 4.59. The average molecular weight is 459 g/mol. The van der Waals surface area contributed by atoms with Crippen LogP contribution in [-0.2, 0) is 9.59 Å². The highest BCUT2D eigenvalue weighted by atomic mass is 35.5. The number of hydrogen-bond donors (Lipinski definition) is 1. The van der Waals surface area contributed by atoms with Crippen molar-refractivity contribution in [1.29, 1.82) is 0 Å². The quantitative estimate of drug-likeness (QED) is 0.369. The number of amides is 1. The van der Waals surface area contributed by atoms with E-state index in [0.717, 1.165) is 0 Å². The molecule has 170 valence electrons. The number of rotatable bonds is 8. The van der Waals surface area contributed by atoms with Gasteiger partial charge in [0.2, 0.25) is 0 Å². The third-order valence-electron chi connectivity index (χ3n) is 5.27. The first-order chi connectivity index (χ1) is 15.3. The molecule has 2 aromatic rings. The predicted molar refractivity (Wildman–Crippen MR) is 123 cm³/mol. The van der Waals surface area contributed by atoms with Gasteiger partial charge >= 0.3 is 0 Å². The highest BCUT2D eigenvalue weighted by Gasteiger charge is 2.46. The summed E-state index contributed by atoms with van der Waals surface area (Å²) in [5.74, 6) is -0.719. The number of Topliss-reactive ketones (excluding diaryl/α,β-unsaturated/α-hetero) is 1. The van der Waals surface area contributed by atoms with Crippen molar-refractivity contribution in [2.75, 3.05) is 40.9 Å². The van der Waals surface area contributed by atoms with Gasteiger partial charge in [0.25, 0.3) is 11.7 Å². The first kappa shape index (κ1) is 23.6. The molecule has 0 saturated carbocycles. The Hall–Kier alpha value is -3.03. The molecule has 0 unspecified atom stereocenters. The van der Waals surface area contributed by atoms with E-state index >= 15 is 0 Å². The second kappa shape index (κ2) is 10.1. The van der Waals surface area contributed by atoms with E-state index < -0.39 is 17.7 Å². The lowest BCUT2D eigenvalue weighted by Crippen LogP contribution is -2.35. The minimum atomic E-state index is -0.795. The van der Waals surface area contributed by atoms with E-state index in [0.29, 0.717) is 47.3 Å². The first-order valence-electron chi connectivity index (χ1n) is 10.3. The predicted octanol–water partition coefficient (Wildman–Crippen LogP) is 3.73. The van der Waals surface area contributed by atoms with Gasteiger partial charge in [-0.3, -0.25) is 9.59 Å². The van der Waals surface area contributed by atoms with Crippen LogP contribution in [0.2, 0.25) is 5.02 Å². The monoisotopic (exact) mass is 458 g/mol. The van der Waals surface area contributed by atoms with Crippen molar-refractivity contribution in [2.45, 2.75) is 13.0 Å². The number of hydrogen-bond acceptors (Lipinski definition) is 6. The maximum Gasteiger partial charge on any atom is 0.295 e. The largest absolute Gasteiger partial charge is 0.507 e. The van der Waals surface area contributed by atoms with Crippen molar-refractivity contribution in [3.8, 4) is 11.5 Å². The van der Waals surface area contributed by atoms with Gasteiger partial charge in [0.1, 0.15) is 17.3 Å². The number of benzene rings is 2. The number of ether oxygens (including phenoxy) is 2. The molecule has 1 N–H and O–H groups in total. The zero-order chi connectivity index (χ0) is 23.4. The molecule has 8 heteroatoms. The molecule has 1 aliphatic heterocycles. The van der Waals surface area contributed by atoms with Crippen LogP contribution >= 0.6 is 11.6 Å². The number of methoxy groups -OCH3 is 1. The summed E-state index contributed by atoms with van der Waals surface area (Å²) < 4.78 is 10.9. The standard InChI is InChI=1S/C24H27ClN2O5/c1-5-32-19-11-10-15(14-17(19)25)22(28)20-21(16-8-6-7-9-18(16)31-4)27(13-12-26(2)3)24(30)23(20)29/h6-11,14,21,28H,5,12-13H2,1-4H3/t21-/m0/s1. The van der Waals surface area contributed by atoms with Crippen LogP contribution < -0.4 is 9.47 Å². The number of carbonyl (C=O) groups is 2. The molecule has 32 heavy (non-hydrogen) atoms. The normalized spacial score (nSPS) is 17.8. The van der Waals surface area contributed by atoms with E-state index in [-0.39, 0.29) is 11.3 Å². The average Bonchev–Trinajstić information content (AvgIpc) is 3.03. The minimum absolute atomic E-state index is 0.00140. The van der Waals surface area contributed by atoms with Gasteiger partial charge in [-0.15, -0.1) is 0 Å². The SMILES string of the molecule is CCOc1ccc(C(O)=C2C(=O)C(=O)N(CCN(C)C)[C@H]2c2ccccc2OC)cc1Cl. The van der Waals surface area contributed by atoms with Crippen LogP contribution in [0.25, 0.3) is 5.76 Å². The molecule has 0 bridgehead atoms. The van der Waals surface area contributed by atoms with Gasteiger partial charge in [-0.05, 0) is 45.3 Å². The van der Waals surface area contributed by atoms with Crippen LogP contribution in [0.3, 0.4) is 0 Å².